The Kier molecular flexibility index (Phi) is 3.98. The molecule has 22 heavy (non-hydrogen) atoms. The maximum absolute atomic E-state index is 10.3. The summed E-state index contributed by atoms with van der Waals surface area (Å²) in [5.74, 6) is 0.261. The van der Waals surface area contributed by atoms with Crippen LogP contribution in [0.25, 0.3) is 21.9 Å². The lowest BCUT2D eigenvalue weighted by Gasteiger charge is -2.14. The minimum Gasteiger partial charge on any atom is -0.507 e. The molecule has 112 valence electrons. The summed E-state index contributed by atoms with van der Waals surface area (Å²) in [6, 6.07) is 11.1. The molecule has 0 radical (unpaired) electrons. The van der Waals surface area contributed by atoms with E-state index in [2.05, 4.69) is 0 Å². The van der Waals surface area contributed by atoms with Crippen molar-refractivity contribution >= 4 is 45.6 Å². The molecule has 0 atom stereocenters. The van der Waals surface area contributed by atoms with Crippen molar-refractivity contribution in [1.29, 1.82) is 0 Å². The number of benzene rings is 3. The lowest BCUT2D eigenvalue weighted by molar-refractivity contribution is 0.477. The minimum absolute atomic E-state index is 0.261. The molecule has 0 spiro atoms. The summed E-state index contributed by atoms with van der Waals surface area (Å²) < 4.78 is 0. The van der Waals surface area contributed by atoms with Gasteiger partial charge >= 0.3 is 0 Å². The Balaban J connectivity index is 2.43. The number of aromatic hydroxyl groups is 1. The Labute approximate surface area is 144 Å². The van der Waals surface area contributed by atoms with Crippen molar-refractivity contribution in [3.63, 3.8) is 0 Å². The average Bonchev–Trinajstić information content (AvgIpc) is 2.49. The number of aryl methyl sites for hydroxylation is 1. The van der Waals surface area contributed by atoms with Crippen LogP contribution in [0, 0.1) is 13.8 Å². The molecule has 4 heteroatoms. The van der Waals surface area contributed by atoms with Crippen LogP contribution in [0.4, 0.5) is 0 Å². The summed E-state index contributed by atoms with van der Waals surface area (Å²) in [5.41, 5.74) is 3.42. The highest BCUT2D eigenvalue weighted by Crippen LogP contribution is 2.42. The molecule has 0 bridgehead atoms. The van der Waals surface area contributed by atoms with Crippen molar-refractivity contribution in [2.45, 2.75) is 13.8 Å². The van der Waals surface area contributed by atoms with Crippen molar-refractivity contribution in [3.8, 4) is 16.9 Å². The summed E-state index contributed by atoms with van der Waals surface area (Å²) in [5, 5.41) is 13.8. The molecule has 1 nitrogen and oxygen atoms in total. The van der Waals surface area contributed by atoms with Gasteiger partial charge in [-0.1, -0.05) is 40.9 Å². The molecule has 0 heterocycles. The van der Waals surface area contributed by atoms with Gasteiger partial charge in [0.1, 0.15) is 5.75 Å². The third-order valence-electron chi connectivity index (χ3n) is 3.87. The molecule has 0 aliphatic heterocycles. The normalized spacial score (nSPS) is 11.1. The van der Waals surface area contributed by atoms with E-state index in [9.17, 15) is 5.11 Å². The Hall–Kier alpha value is -1.41. The van der Waals surface area contributed by atoms with Crippen molar-refractivity contribution in [2.75, 3.05) is 0 Å². The lowest BCUT2D eigenvalue weighted by Crippen LogP contribution is -1.89. The number of phenolic OH excluding ortho intramolecular Hbond substituents is 1. The molecule has 3 rings (SSSR count). The second kappa shape index (κ2) is 5.66. The molecule has 0 amide bonds. The van der Waals surface area contributed by atoms with Crippen LogP contribution in [0.1, 0.15) is 11.1 Å². The van der Waals surface area contributed by atoms with E-state index in [0.29, 0.717) is 15.1 Å². The van der Waals surface area contributed by atoms with E-state index < -0.39 is 0 Å². The minimum atomic E-state index is 0.261. The van der Waals surface area contributed by atoms with E-state index in [-0.39, 0.29) is 5.75 Å². The van der Waals surface area contributed by atoms with E-state index in [1.54, 1.807) is 6.07 Å². The van der Waals surface area contributed by atoms with Gasteiger partial charge in [0.25, 0.3) is 0 Å². The SMILES string of the molecule is Cc1cc(-c2ccc(Cl)c(C)c2Cl)c2cc(Cl)ccc2c1O. The van der Waals surface area contributed by atoms with Crippen LogP contribution >= 0.6 is 34.8 Å². The Bertz CT molecular complexity index is 901. The van der Waals surface area contributed by atoms with Crippen LogP contribution in [0.5, 0.6) is 5.75 Å². The number of halogens is 3. The van der Waals surface area contributed by atoms with Gasteiger partial charge in [0.05, 0.1) is 5.02 Å². The molecule has 0 fully saturated rings. The smallest absolute Gasteiger partial charge is 0.126 e. The van der Waals surface area contributed by atoms with E-state index >= 15 is 0 Å². The quantitative estimate of drug-likeness (QED) is 0.511. The summed E-state index contributed by atoms with van der Waals surface area (Å²) >= 11 is 18.7. The van der Waals surface area contributed by atoms with Crippen LogP contribution in [-0.2, 0) is 0 Å². The van der Waals surface area contributed by atoms with Crippen LogP contribution in [0.2, 0.25) is 15.1 Å². The fourth-order valence-corrected chi connectivity index (χ4v) is 3.26. The molecule has 0 aromatic heterocycles. The molecule has 0 aliphatic rings. The maximum atomic E-state index is 10.3. The Morgan fingerprint density at radius 3 is 2.27 bits per heavy atom. The van der Waals surface area contributed by atoms with Crippen LogP contribution in [0.3, 0.4) is 0 Å². The summed E-state index contributed by atoms with van der Waals surface area (Å²) in [4.78, 5) is 0. The third-order valence-corrected chi connectivity index (χ3v) is 5.00. The second-order valence-electron chi connectivity index (χ2n) is 5.31. The summed E-state index contributed by atoms with van der Waals surface area (Å²) in [6.07, 6.45) is 0. The number of hydrogen-bond donors (Lipinski definition) is 1. The van der Waals surface area contributed by atoms with Gasteiger partial charge in [-0.05, 0) is 66.3 Å². The van der Waals surface area contributed by atoms with Gasteiger partial charge in [-0.15, -0.1) is 0 Å². The van der Waals surface area contributed by atoms with Crippen molar-refractivity contribution in [2.24, 2.45) is 0 Å². The topological polar surface area (TPSA) is 20.2 Å². The first kappa shape index (κ1) is 15.5. The van der Waals surface area contributed by atoms with E-state index in [4.69, 9.17) is 34.8 Å². The van der Waals surface area contributed by atoms with Crippen molar-refractivity contribution in [3.05, 3.63) is 62.6 Å². The summed E-state index contributed by atoms with van der Waals surface area (Å²) in [6.45, 7) is 3.75. The number of phenols is 1. The lowest BCUT2D eigenvalue weighted by atomic mass is 9.94. The van der Waals surface area contributed by atoms with Gasteiger partial charge in [-0.25, -0.2) is 0 Å². The molecular weight excluding hydrogens is 339 g/mol. The Morgan fingerprint density at radius 1 is 0.818 bits per heavy atom. The van der Waals surface area contributed by atoms with Gasteiger partial charge in [-0.2, -0.15) is 0 Å². The van der Waals surface area contributed by atoms with E-state index in [1.807, 2.05) is 44.2 Å². The van der Waals surface area contributed by atoms with Gasteiger partial charge in [-0.3, -0.25) is 0 Å². The van der Waals surface area contributed by atoms with Crippen LogP contribution < -0.4 is 0 Å². The number of rotatable bonds is 1. The standard InChI is InChI=1S/C18H13Cl3O/c1-9-7-14(12-5-6-16(20)10(2)17(12)21)15-8-11(19)3-4-13(15)18(9)22/h3-8,22H,1-2H3. The first-order valence-electron chi connectivity index (χ1n) is 6.77. The van der Waals surface area contributed by atoms with Gasteiger partial charge in [0.15, 0.2) is 0 Å². The predicted octanol–water partition coefficient (Wildman–Crippen LogP) is 6.79. The van der Waals surface area contributed by atoms with Crippen LogP contribution in [0.15, 0.2) is 36.4 Å². The molecule has 0 saturated carbocycles. The molecule has 0 saturated heterocycles. The highest BCUT2D eigenvalue weighted by atomic mass is 35.5. The van der Waals surface area contributed by atoms with Gasteiger partial charge < -0.3 is 5.11 Å². The highest BCUT2D eigenvalue weighted by molar-refractivity contribution is 6.38. The molecular formula is C18H13Cl3O. The molecule has 1 N–H and O–H groups in total. The largest absolute Gasteiger partial charge is 0.507 e. The van der Waals surface area contributed by atoms with Gasteiger partial charge in [0.2, 0.25) is 0 Å². The van der Waals surface area contributed by atoms with Crippen LogP contribution in [-0.4, -0.2) is 5.11 Å². The fraction of sp³-hybridized carbons (Fsp3) is 0.111. The van der Waals surface area contributed by atoms with E-state index in [0.717, 1.165) is 33.0 Å². The zero-order valence-corrected chi connectivity index (χ0v) is 14.3. The molecule has 3 aromatic rings. The highest BCUT2D eigenvalue weighted by Gasteiger charge is 2.15. The molecule has 0 aliphatic carbocycles. The predicted molar refractivity (Wildman–Crippen MR) is 95.6 cm³/mol. The summed E-state index contributed by atoms with van der Waals surface area (Å²) in [7, 11) is 0. The zero-order chi connectivity index (χ0) is 16.0. The van der Waals surface area contributed by atoms with Crippen molar-refractivity contribution in [1.82, 2.24) is 0 Å². The van der Waals surface area contributed by atoms with Crippen molar-refractivity contribution < 1.29 is 5.11 Å². The third kappa shape index (κ3) is 2.44. The zero-order valence-electron chi connectivity index (χ0n) is 12.0. The van der Waals surface area contributed by atoms with Gasteiger partial charge in [0, 0.05) is 21.0 Å². The number of fused-ring (bicyclic) bond motifs is 1. The Morgan fingerprint density at radius 2 is 1.55 bits per heavy atom. The fourth-order valence-electron chi connectivity index (χ4n) is 2.61. The first-order valence-corrected chi connectivity index (χ1v) is 7.90. The van der Waals surface area contributed by atoms with E-state index in [1.165, 1.54) is 0 Å². The molecule has 3 aromatic carbocycles. The number of hydrogen-bond acceptors (Lipinski definition) is 1. The second-order valence-corrected chi connectivity index (χ2v) is 6.54. The monoisotopic (exact) mass is 350 g/mol. The maximum Gasteiger partial charge on any atom is 0.126 e. The average molecular weight is 352 g/mol. The molecule has 0 unspecified atom stereocenters. The first-order chi connectivity index (χ1) is 10.4.